The minimum Gasteiger partial charge on any atom is -0.327 e. The van der Waals surface area contributed by atoms with Crippen LogP contribution in [0.5, 0.6) is 0 Å². The Labute approximate surface area is 89.3 Å². The molecule has 0 heterocycles. The Morgan fingerprint density at radius 3 is 2.53 bits per heavy atom. The molecule has 1 atom stereocenters. The summed E-state index contributed by atoms with van der Waals surface area (Å²) in [4.78, 5) is 11.5. The average Bonchev–Trinajstić information content (AvgIpc) is 2.21. The van der Waals surface area contributed by atoms with Crippen molar-refractivity contribution in [1.29, 1.82) is 0 Å². The van der Waals surface area contributed by atoms with Gasteiger partial charge in [0.15, 0.2) is 0 Å². The average molecular weight is 209 g/mol. The Morgan fingerprint density at radius 2 is 2.00 bits per heavy atom. The summed E-state index contributed by atoms with van der Waals surface area (Å²) >= 11 is 0. The van der Waals surface area contributed by atoms with Crippen molar-refractivity contribution in [1.82, 2.24) is 0 Å². The van der Waals surface area contributed by atoms with Gasteiger partial charge in [-0.25, -0.2) is 4.39 Å². The van der Waals surface area contributed by atoms with Crippen molar-refractivity contribution < 1.29 is 9.18 Å². The molecule has 82 valence electrons. The van der Waals surface area contributed by atoms with Crippen LogP contribution < -0.4 is 5.73 Å². The van der Waals surface area contributed by atoms with E-state index in [4.69, 9.17) is 5.73 Å². The van der Waals surface area contributed by atoms with Gasteiger partial charge < -0.3 is 5.73 Å². The van der Waals surface area contributed by atoms with E-state index < -0.39 is 0 Å². The Kier molecular flexibility index (Phi) is 4.43. The van der Waals surface area contributed by atoms with Crippen LogP contribution in [0.1, 0.15) is 25.3 Å². The van der Waals surface area contributed by atoms with Crippen LogP contribution in [0.3, 0.4) is 0 Å². The molecule has 0 spiro atoms. The van der Waals surface area contributed by atoms with Crippen LogP contribution in [0.25, 0.3) is 0 Å². The van der Waals surface area contributed by atoms with Gasteiger partial charge in [-0.3, -0.25) is 4.79 Å². The Balaban J connectivity index is 2.48. The minimum atomic E-state index is -0.281. The molecular weight excluding hydrogens is 193 g/mol. The fourth-order valence-corrected chi connectivity index (χ4v) is 1.34. The standard InChI is InChI=1S/C12H16FNO/c1-2-11(14)8-12(15)7-9-3-5-10(13)6-4-9/h3-6,11H,2,7-8,14H2,1H3. The lowest BCUT2D eigenvalue weighted by atomic mass is 10.0. The van der Waals surface area contributed by atoms with Gasteiger partial charge in [-0.05, 0) is 24.1 Å². The van der Waals surface area contributed by atoms with Crippen molar-refractivity contribution in [2.24, 2.45) is 5.73 Å². The van der Waals surface area contributed by atoms with E-state index in [-0.39, 0.29) is 17.6 Å². The van der Waals surface area contributed by atoms with Crippen molar-refractivity contribution in [2.45, 2.75) is 32.2 Å². The molecule has 0 aliphatic carbocycles. The number of benzene rings is 1. The molecule has 0 saturated heterocycles. The SMILES string of the molecule is CCC(N)CC(=O)Cc1ccc(F)cc1. The van der Waals surface area contributed by atoms with Gasteiger partial charge in [0, 0.05) is 18.9 Å². The van der Waals surface area contributed by atoms with Gasteiger partial charge in [0.25, 0.3) is 0 Å². The highest BCUT2D eigenvalue weighted by Gasteiger charge is 2.08. The highest BCUT2D eigenvalue weighted by molar-refractivity contribution is 5.81. The summed E-state index contributed by atoms with van der Waals surface area (Å²) < 4.78 is 12.6. The van der Waals surface area contributed by atoms with Gasteiger partial charge in [-0.1, -0.05) is 19.1 Å². The van der Waals surface area contributed by atoms with Crippen LogP contribution in [-0.2, 0) is 11.2 Å². The number of halogens is 1. The zero-order valence-electron chi connectivity index (χ0n) is 8.87. The molecule has 3 heteroatoms. The summed E-state index contributed by atoms with van der Waals surface area (Å²) in [5.41, 5.74) is 6.51. The Bertz CT molecular complexity index is 321. The number of carbonyl (C=O) groups excluding carboxylic acids is 1. The monoisotopic (exact) mass is 209 g/mol. The van der Waals surface area contributed by atoms with Crippen molar-refractivity contribution in [3.8, 4) is 0 Å². The van der Waals surface area contributed by atoms with Crippen molar-refractivity contribution >= 4 is 5.78 Å². The molecule has 1 aromatic carbocycles. The zero-order valence-corrected chi connectivity index (χ0v) is 8.87. The first-order chi connectivity index (χ1) is 7.11. The summed E-state index contributed by atoms with van der Waals surface area (Å²) in [6.45, 7) is 1.95. The third-order valence-electron chi connectivity index (χ3n) is 2.33. The minimum absolute atomic E-state index is 0.0575. The summed E-state index contributed by atoms with van der Waals surface area (Å²) in [6.07, 6.45) is 1.54. The van der Waals surface area contributed by atoms with E-state index in [2.05, 4.69) is 0 Å². The van der Waals surface area contributed by atoms with Gasteiger partial charge in [0.05, 0.1) is 0 Å². The topological polar surface area (TPSA) is 43.1 Å². The van der Waals surface area contributed by atoms with Crippen molar-refractivity contribution in [3.63, 3.8) is 0 Å². The van der Waals surface area contributed by atoms with Gasteiger partial charge in [0.1, 0.15) is 11.6 Å². The summed E-state index contributed by atoms with van der Waals surface area (Å²) in [5.74, 6) is -0.174. The molecule has 0 bridgehead atoms. The fourth-order valence-electron chi connectivity index (χ4n) is 1.34. The van der Waals surface area contributed by atoms with Crippen LogP contribution in [0.4, 0.5) is 4.39 Å². The number of ketones is 1. The number of hydrogen-bond acceptors (Lipinski definition) is 2. The lowest BCUT2D eigenvalue weighted by Crippen LogP contribution is -2.23. The molecule has 0 fully saturated rings. The van der Waals surface area contributed by atoms with E-state index in [0.717, 1.165) is 12.0 Å². The van der Waals surface area contributed by atoms with Crippen LogP contribution in [-0.4, -0.2) is 11.8 Å². The first-order valence-electron chi connectivity index (χ1n) is 5.13. The number of hydrogen-bond donors (Lipinski definition) is 1. The Hall–Kier alpha value is -1.22. The van der Waals surface area contributed by atoms with Crippen molar-refractivity contribution in [2.75, 3.05) is 0 Å². The van der Waals surface area contributed by atoms with Crippen LogP contribution in [0.2, 0.25) is 0 Å². The number of carbonyl (C=O) groups is 1. The highest BCUT2D eigenvalue weighted by atomic mass is 19.1. The zero-order chi connectivity index (χ0) is 11.3. The molecule has 1 rings (SSSR count). The van der Waals surface area contributed by atoms with Gasteiger partial charge >= 0.3 is 0 Å². The normalized spacial score (nSPS) is 12.5. The lowest BCUT2D eigenvalue weighted by Gasteiger charge is -2.07. The number of nitrogens with two attached hydrogens (primary N) is 1. The van der Waals surface area contributed by atoms with Gasteiger partial charge in [0.2, 0.25) is 0 Å². The lowest BCUT2D eigenvalue weighted by molar-refractivity contribution is -0.118. The van der Waals surface area contributed by atoms with E-state index in [0.29, 0.717) is 12.8 Å². The number of rotatable bonds is 5. The van der Waals surface area contributed by atoms with E-state index in [1.54, 1.807) is 12.1 Å². The smallest absolute Gasteiger partial charge is 0.138 e. The molecule has 2 N–H and O–H groups in total. The second-order valence-corrected chi connectivity index (χ2v) is 3.71. The second-order valence-electron chi connectivity index (χ2n) is 3.71. The summed E-state index contributed by atoms with van der Waals surface area (Å²) in [5, 5.41) is 0. The molecule has 0 aliphatic rings. The molecule has 1 unspecified atom stereocenters. The van der Waals surface area contributed by atoms with E-state index in [9.17, 15) is 9.18 Å². The maximum atomic E-state index is 12.6. The summed E-state index contributed by atoms with van der Waals surface area (Å²) in [6, 6.07) is 5.93. The quantitative estimate of drug-likeness (QED) is 0.806. The van der Waals surface area contributed by atoms with E-state index in [1.165, 1.54) is 12.1 Å². The fraction of sp³-hybridized carbons (Fsp3) is 0.417. The Morgan fingerprint density at radius 1 is 1.40 bits per heavy atom. The molecule has 0 amide bonds. The maximum absolute atomic E-state index is 12.6. The molecule has 0 radical (unpaired) electrons. The molecule has 0 aromatic heterocycles. The van der Waals surface area contributed by atoms with Crippen LogP contribution in [0, 0.1) is 5.82 Å². The molecule has 15 heavy (non-hydrogen) atoms. The third kappa shape index (κ3) is 4.21. The molecular formula is C12H16FNO. The first-order valence-corrected chi connectivity index (χ1v) is 5.13. The molecule has 1 aromatic rings. The highest BCUT2D eigenvalue weighted by Crippen LogP contribution is 2.06. The van der Waals surface area contributed by atoms with E-state index in [1.807, 2.05) is 6.92 Å². The predicted molar refractivity (Wildman–Crippen MR) is 58.0 cm³/mol. The maximum Gasteiger partial charge on any atom is 0.138 e. The van der Waals surface area contributed by atoms with Crippen LogP contribution >= 0.6 is 0 Å². The predicted octanol–water partition coefficient (Wildman–Crippen LogP) is 2.06. The van der Waals surface area contributed by atoms with Crippen LogP contribution in [0.15, 0.2) is 24.3 Å². The third-order valence-corrected chi connectivity index (χ3v) is 2.33. The van der Waals surface area contributed by atoms with Gasteiger partial charge in [-0.15, -0.1) is 0 Å². The second kappa shape index (κ2) is 5.61. The number of Topliss-reactive ketones (excluding diaryl/α,β-unsaturated/α-hetero) is 1. The largest absolute Gasteiger partial charge is 0.327 e. The summed E-state index contributed by atoms with van der Waals surface area (Å²) in [7, 11) is 0. The molecule has 2 nitrogen and oxygen atoms in total. The molecule has 0 saturated carbocycles. The van der Waals surface area contributed by atoms with Gasteiger partial charge in [-0.2, -0.15) is 0 Å². The van der Waals surface area contributed by atoms with E-state index >= 15 is 0 Å². The molecule has 0 aliphatic heterocycles. The first kappa shape index (κ1) is 11.9. The van der Waals surface area contributed by atoms with Crippen molar-refractivity contribution in [3.05, 3.63) is 35.6 Å².